The monoisotopic (exact) mass is 457 g/mol. The highest BCUT2D eigenvalue weighted by Crippen LogP contribution is 2.27. The third kappa shape index (κ3) is 5.05. The van der Waals surface area contributed by atoms with E-state index in [2.05, 4.69) is 54.7 Å². The van der Waals surface area contributed by atoms with Gasteiger partial charge in [0.15, 0.2) is 5.65 Å². The van der Waals surface area contributed by atoms with Crippen LogP contribution in [0.4, 0.5) is 5.95 Å². The van der Waals surface area contributed by atoms with Gasteiger partial charge in [-0.3, -0.25) is 5.10 Å². The normalized spacial score (nSPS) is 19.2. The van der Waals surface area contributed by atoms with E-state index >= 15 is 0 Å². The van der Waals surface area contributed by atoms with Crippen molar-refractivity contribution in [2.75, 3.05) is 11.9 Å². The molecule has 0 amide bonds. The summed E-state index contributed by atoms with van der Waals surface area (Å²) in [7, 11) is 0. The first-order valence-corrected chi connectivity index (χ1v) is 12.0. The molecule has 1 fully saturated rings. The van der Waals surface area contributed by atoms with Gasteiger partial charge < -0.3 is 16.8 Å². The molecule has 1 saturated carbocycles. The van der Waals surface area contributed by atoms with E-state index in [1.807, 2.05) is 12.1 Å². The number of hydrogen-bond donors (Lipinski definition) is 4. The molecule has 34 heavy (non-hydrogen) atoms. The fourth-order valence-electron chi connectivity index (χ4n) is 4.68. The molecule has 0 aliphatic heterocycles. The first kappa shape index (κ1) is 22.4. The summed E-state index contributed by atoms with van der Waals surface area (Å²) in [5.74, 6) is 1.64. The van der Waals surface area contributed by atoms with Crippen molar-refractivity contribution >= 4 is 17.0 Å². The van der Waals surface area contributed by atoms with Gasteiger partial charge in [-0.1, -0.05) is 30.3 Å². The van der Waals surface area contributed by atoms with E-state index in [-0.39, 0.29) is 5.92 Å². The predicted molar refractivity (Wildman–Crippen MR) is 133 cm³/mol. The second-order valence-corrected chi connectivity index (χ2v) is 9.03. The number of benzene rings is 1. The van der Waals surface area contributed by atoms with Gasteiger partial charge in [0.25, 0.3) is 0 Å². The second kappa shape index (κ2) is 10.2. The maximum absolute atomic E-state index is 6.02. The largest absolute Gasteiger partial charge is 0.351 e. The quantitative estimate of drug-likeness (QED) is 0.316. The zero-order valence-corrected chi connectivity index (χ0v) is 19.2. The zero-order valence-electron chi connectivity index (χ0n) is 19.2. The number of hydrogen-bond acceptors (Lipinski definition) is 8. The van der Waals surface area contributed by atoms with Crippen molar-refractivity contribution in [2.24, 2.45) is 11.5 Å². The highest BCUT2D eigenvalue weighted by atomic mass is 15.2. The number of nitrogens with one attached hydrogen (secondary N) is 2. The van der Waals surface area contributed by atoms with Gasteiger partial charge in [-0.2, -0.15) is 10.1 Å². The molecule has 5 rings (SSSR count). The molecule has 3 aromatic heterocycles. The summed E-state index contributed by atoms with van der Waals surface area (Å²) < 4.78 is 0. The second-order valence-electron chi connectivity index (χ2n) is 9.03. The van der Waals surface area contributed by atoms with Gasteiger partial charge in [0.1, 0.15) is 5.82 Å². The van der Waals surface area contributed by atoms with Gasteiger partial charge in [0.2, 0.25) is 5.95 Å². The Morgan fingerprint density at radius 3 is 2.65 bits per heavy atom. The van der Waals surface area contributed by atoms with Gasteiger partial charge >= 0.3 is 0 Å². The Bertz CT molecular complexity index is 1220. The molecule has 0 radical (unpaired) electrons. The SMILES string of the molecule is NCCC(Cc1nccc(-c2[nH]nc3nc(NC4CCC(N)CC4)ncc23)n1)c1ccccc1. The smallest absolute Gasteiger partial charge is 0.224 e. The van der Waals surface area contributed by atoms with Crippen LogP contribution in [0.2, 0.25) is 0 Å². The molecule has 176 valence electrons. The summed E-state index contributed by atoms with van der Waals surface area (Å²) in [6.07, 6.45) is 9.31. The van der Waals surface area contributed by atoms with Gasteiger partial charge in [0.05, 0.1) is 16.8 Å². The van der Waals surface area contributed by atoms with Crippen LogP contribution in [0.5, 0.6) is 0 Å². The van der Waals surface area contributed by atoms with Crippen molar-refractivity contribution in [1.82, 2.24) is 30.1 Å². The van der Waals surface area contributed by atoms with Gasteiger partial charge in [-0.05, 0) is 56.2 Å². The highest BCUT2D eigenvalue weighted by Gasteiger charge is 2.20. The fourth-order valence-corrected chi connectivity index (χ4v) is 4.68. The lowest BCUT2D eigenvalue weighted by atomic mass is 9.92. The Balaban J connectivity index is 1.35. The van der Waals surface area contributed by atoms with E-state index in [4.69, 9.17) is 16.5 Å². The number of rotatable bonds is 8. The lowest BCUT2D eigenvalue weighted by molar-refractivity contribution is 0.410. The third-order valence-electron chi connectivity index (χ3n) is 6.59. The summed E-state index contributed by atoms with van der Waals surface area (Å²) in [5, 5.41) is 11.8. The Morgan fingerprint density at radius 1 is 1.03 bits per heavy atom. The number of H-pyrrole nitrogens is 1. The number of aromatic amines is 1. The molecule has 1 aliphatic carbocycles. The molecule has 0 spiro atoms. The summed E-state index contributed by atoms with van der Waals surface area (Å²) in [6.45, 7) is 0.617. The summed E-state index contributed by atoms with van der Waals surface area (Å²) >= 11 is 0. The standard InChI is InChI=1S/C25H31N9/c26-12-10-17(16-4-2-1-3-5-16)14-22-28-13-11-21(31-22)23-20-15-29-25(32-24(20)34-33-23)30-19-8-6-18(27)7-9-19/h1-5,11,13,15,17-19H,6-10,12,14,26-27H2,(H2,29,30,32,33,34). The van der Waals surface area contributed by atoms with Crippen LogP contribution in [0.3, 0.4) is 0 Å². The molecule has 1 aromatic carbocycles. The number of nitrogens with two attached hydrogens (primary N) is 2. The summed E-state index contributed by atoms with van der Waals surface area (Å²) in [6, 6.07) is 13.0. The minimum absolute atomic E-state index is 0.270. The predicted octanol–water partition coefficient (Wildman–Crippen LogP) is 3.17. The van der Waals surface area contributed by atoms with Crippen molar-refractivity contribution in [1.29, 1.82) is 0 Å². The first-order valence-electron chi connectivity index (χ1n) is 12.0. The maximum atomic E-state index is 6.02. The average Bonchev–Trinajstić information content (AvgIpc) is 3.29. The molecular formula is C25H31N9. The van der Waals surface area contributed by atoms with E-state index in [0.29, 0.717) is 30.2 Å². The summed E-state index contributed by atoms with van der Waals surface area (Å²) in [4.78, 5) is 18.5. The van der Waals surface area contributed by atoms with Crippen LogP contribution in [-0.4, -0.2) is 48.8 Å². The van der Waals surface area contributed by atoms with E-state index < -0.39 is 0 Å². The summed E-state index contributed by atoms with van der Waals surface area (Å²) in [5.41, 5.74) is 15.3. The molecule has 9 nitrogen and oxygen atoms in total. The molecule has 4 aromatic rings. The fraction of sp³-hybridized carbons (Fsp3) is 0.400. The molecule has 0 bridgehead atoms. The molecule has 0 saturated heterocycles. The Kier molecular flexibility index (Phi) is 6.73. The van der Waals surface area contributed by atoms with Gasteiger partial charge in [-0.25, -0.2) is 15.0 Å². The highest BCUT2D eigenvalue weighted by molar-refractivity contribution is 5.89. The maximum Gasteiger partial charge on any atom is 0.224 e. The van der Waals surface area contributed by atoms with Crippen LogP contribution in [0.25, 0.3) is 22.4 Å². The average molecular weight is 458 g/mol. The van der Waals surface area contributed by atoms with Crippen LogP contribution in [-0.2, 0) is 6.42 Å². The lowest BCUT2D eigenvalue weighted by Gasteiger charge is -2.26. The van der Waals surface area contributed by atoms with E-state index in [1.54, 1.807) is 12.4 Å². The van der Waals surface area contributed by atoms with Gasteiger partial charge in [0, 0.05) is 30.9 Å². The first-order chi connectivity index (χ1) is 16.7. The van der Waals surface area contributed by atoms with Gasteiger partial charge in [-0.15, -0.1) is 0 Å². The molecule has 6 N–H and O–H groups in total. The molecule has 3 heterocycles. The molecule has 1 atom stereocenters. The molecule has 1 aliphatic rings. The van der Waals surface area contributed by atoms with Crippen molar-refractivity contribution in [3.8, 4) is 11.4 Å². The van der Waals surface area contributed by atoms with E-state index in [1.165, 1.54) is 5.56 Å². The van der Waals surface area contributed by atoms with E-state index in [0.717, 1.165) is 61.1 Å². The number of fused-ring (bicyclic) bond motifs is 1. The van der Waals surface area contributed by atoms with Crippen molar-refractivity contribution in [3.05, 3.63) is 60.2 Å². The Morgan fingerprint density at radius 2 is 1.85 bits per heavy atom. The van der Waals surface area contributed by atoms with Crippen molar-refractivity contribution in [2.45, 2.75) is 56.5 Å². The lowest BCUT2D eigenvalue weighted by Crippen LogP contribution is -2.33. The van der Waals surface area contributed by atoms with E-state index in [9.17, 15) is 0 Å². The number of aromatic nitrogens is 6. The Labute approximate surface area is 198 Å². The number of anilines is 1. The minimum atomic E-state index is 0.270. The zero-order chi connectivity index (χ0) is 23.3. The topological polar surface area (TPSA) is 144 Å². The molecular weight excluding hydrogens is 426 g/mol. The van der Waals surface area contributed by atoms with Crippen molar-refractivity contribution < 1.29 is 0 Å². The minimum Gasteiger partial charge on any atom is -0.351 e. The van der Waals surface area contributed by atoms with Crippen molar-refractivity contribution in [3.63, 3.8) is 0 Å². The molecule has 9 heteroatoms. The number of nitrogens with zero attached hydrogens (tertiary/aromatic N) is 5. The van der Waals surface area contributed by atoms with Crippen LogP contribution >= 0.6 is 0 Å². The van der Waals surface area contributed by atoms with Crippen LogP contribution in [0, 0.1) is 0 Å². The van der Waals surface area contributed by atoms with Crippen LogP contribution < -0.4 is 16.8 Å². The molecule has 1 unspecified atom stereocenters. The third-order valence-corrected chi connectivity index (χ3v) is 6.59. The van der Waals surface area contributed by atoms with Crippen LogP contribution in [0.15, 0.2) is 48.8 Å². The van der Waals surface area contributed by atoms with Crippen LogP contribution in [0.1, 0.15) is 49.4 Å². The Hall–Kier alpha value is -3.43.